The maximum atomic E-state index is 11.1. The normalized spacial score (nSPS) is 11.1. The van der Waals surface area contributed by atoms with E-state index in [1.807, 2.05) is 30.3 Å². The van der Waals surface area contributed by atoms with E-state index in [-0.39, 0.29) is 5.75 Å². The first-order valence-electron chi connectivity index (χ1n) is 5.91. The van der Waals surface area contributed by atoms with Crippen molar-refractivity contribution in [3.8, 4) is 11.5 Å². The van der Waals surface area contributed by atoms with Crippen molar-refractivity contribution in [2.75, 3.05) is 7.11 Å². The van der Waals surface area contributed by atoms with Crippen LogP contribution in [0, 0.1) is 0 Å². The minimum atomic E-state index is -4.05. The van der Waals surface area contributed by atoms with Crippen LogP contribution in [0.25, 0.3) is 0 Å². The molecule has 2 N–H and O–H groups in total. The second-order valence-electron chi connectivity index (χ2n) is 4.21. The maximum Gasteiger partial charge on any atom is 0.380 e. The third-order valence-corrected chi connectivity index (χ3v) is 3.12. The van der Waals surface area contributed by atoms with Gasteiger partial charge in [0.15, 0.2) is 0 Å². The Morgan fingerprint density at radius 3 is 2.40 bits per heavy atom. The largest absolute Gasteiger partial charge is 0.497 e. The zero-order chi connectivity index (χ0) is 14.6. The van der Waals surface area contributed by atoms with E-state index >= 15 is 0 Å². The van der Waals surface area contributed by atoms with Gasteiger partial charge in [0, 0.05) is 12.0 Å². The summed E-state index contributed by atoms with van der Waals surface area (Å²) in [6.07, 6.45) is 0.517. The molecule has 0 aliphatic rings. The zero-order valence-corrected chi connectivity index (χ0v) is 11.8. The van der Waals surface area contributed by atoms with Crippen molar-refractivity contribution in [2.45, 2.75) is 6.42 Å². The molecule has 2 rings (SSSR count). The molecule has 0 spiro atoms. The van der Waals surface area contributed by atoms with Crippen LogP contribution in [-0.4, -0.2) is 15.5 Å². The summed E-state index contributed by atoms with van der Waals surface area (Å²) in [5, 5.41) is 4.92. The maximum absolute atomic E-state index is 11.1. The van der Waals surface area contributed by atoms with E-state index in [1.54, 1.807) is 19.2 Å². The highest BCUT2D eigenvalue weighted by atomic mass is 32.2. The van der Waals surface area contributed by atoms with Crippen molar-refractivity contribution in [3.05, 3.63) is 59.7 Å². The predicted molar refractivity (Wildman–Crippen MR) is 76.0 cm³/mol. The first-order valence-corrected chi connectivity index (χ1v) is 7.38. The quantitative estimate of drug-likeness (QED) is 0.912. The van der Waals surface area contributed by atoms with Gasteiger partial charge in [0.2, 0.25) is 0 Å². The van der Waals surface area contributed by atoms with E-state index in [4.69, 9.17) is 14.1 Å². The zero-order valence-electron chi connectivity index (χ0n) is 10.9. The lowest BCUT2D eigenvalue weighted by Gasteiger charge is -2.11. The summed E-state index contributed by atoms with van der Waals surface area (Å²) in [5.74, 6) is 0.829. The Morgan fingerprint density at radius 1 is 1.10 bits per heavy atom. The summed E-state index contributed by atoms with van der Waals surface area (Å²) in [6.45, 7) is 0. The molecule has 2 aromatic carbocycles. The molecule has 0 aromatic heterocycles. The number of hydrogen-bond donors (Lipinski definition) is 1. The molecule has 6 heteroatoms. The second-order valence-corrected chi connectivity index (χ2v) is 5.36. The van der Waals surface area contributed by atoms with Gasteiger partial charge in [-0.3, -0.25) is 0 Å². The van der Waals surface area contributed by atoms with Crippen LogP contribution in [0.5, 0.6) is 11.5 Å². The van der Waals surface area contributed by atoms with Crippen LogP contribution in [-0.2, 0) is 16.7 Å². The average Bonchev–Trinajstić information content (AvgIpc) is 2.40. The molecule has 0 aliphatic carbocycles. The fourth-order valence-corrected chi connectivity index (χ4v) is 2.26. The standard InChI is InChI=1S/C14H15NO4S/c1-18-13-7-8-14(19-20(15,16)17)12(10-13)9-11-5-3-2-4-6-11/h2-8,10H,9H2,1H3,(H2,15,16,17). The highest BCUT2D eigenvalue weighted by Gasteiger charge is 2.12. The average molecular weight is 293 g/mol. The van der Waals surface area contributed by atoms with Gasteiger partial charge in [-0.1, -0.05) is 30.3 Å². The van der Waals surface area contributed by atoms with E-state index in [0.29, 0.717) is 17.7 Å². The molecule has 106 valence electrons. The van der Waals surface area contributed by atoms with Gasteiger partial charge in [-0.2, -0.15) is 13.6 Å². The smallest absolute Gasteiger partial charge is 0.380 e. The molecule has 0 fully saturated rings. The number of hydrogen-bond acceptors (Lipinski definition) is 4. The molecule has 0 bridgehead atoms. The highest BCUT2D eigenvalue weighted by Crippen LogP contribution is 2.27. The molecule has 5 nitrogen and oxygen atoms in total. The van der Waals surface area contributed by atoms with Crippen molar-refractivity contribution >= 4 is 10.3 Å². The van der Waals surface area contributed by atoms with Crippen LogP contribution in [0.3, 0.4) is 0 Å². The molecule has 20 heavy (non-hydrogen) atoms. The predicted octanol–water partition coefficient (Wildman–Crippen LogP) is 1.87. The van der Waals surface area contributed by atoms with Gasteiger partial charge in [0.25, 0.3) is 0 Å². The van der Waals surface area contributed by atoms with Crippen molar-refractivity contribution < 1.29 is 17.3 Å². The molecule has 0 aliphatic heterocycles. The fourth-order valence-electron chi connectivity index (χ4n) is 1.84. The van der Waals surface area contributed by atoms with Crippen LogP contribution in [0.1, 0.15) is 11.1 Å². The Balaban J connectivity index is 2.37. The second kappa shape index (κ2) is 5.94. The van der Waals surface area contributed by atoms with Crippen LogP contribution < -0.4 is 14.1 Å². The van der Waals surface area contributed by atoms with Crippen molar-refractivity contribution in [1.29, 1.82) is 0 Å². The molecule has 0 heterocycles. The molecule has 0 amide bonds. The highest BCUT2D eigenvalue weighted by molar-refractivity contribution is 7.84. The Bertz CT molecular complexity index is 684. The van der Waals surface area contributed by atoms with Crippen molar-refractivity contribution in [3.63, 3.8) is 0 Å². The summed E-state index contributed by atoms with van der Waals surface area (Å²) in [5.41, 5.74) is 1.71. The van der Waals surface area contributed by atoms with Crippen molar-refractivity contribution in [2.24, 2.45) is 5.14 Å². The Morgan fingerprint density at radius 2 is 1.80 bits per heavy atom. The molecular formula is C14H15NO4S. The number of ether oxygens (including phenoxy) is 1. The van der Waals surface area contributed by atoms with Crippen LogP contribution in [0.2, 0.25) is 0 Å². The molecule has 2 aromatic rings. The summed E-state index contributed by atoms with van der Waals surface area (Å²) in [4.78, 5) is 0. The van der Waals surface area contributed by atoms with Gasteiger partial charge in [0.05, 0.1) is 7.11 Å². The van der Waals surface area contributed by atoms with E-state index in [0.717, 1.165) is 5.56 Å². The first kappa shape index (κ1) is 14.4. The Labute approximate surface area is 118 Å². The van der Waals surface area contributed by atoms with Gasteiger partial charge >= 0.3 is 10.3 Å². The van der Waals surface area contributed by atoms with Gasteiger partial charge in [-0.15, -0.1) is 0 Å². The first-order chi connectivity index (χ1) is 9.48. The van der Waals surface area contributed by atoms with Crippen LogP contribution in [0.4, 0.5) is 0 Å². The van der Waals surface area contributed by atoms with Crippen molar-refractivity contribution in [1.82, 2.24) is 0 Å². The third kappa shape index (κ3) is 3.97. The van der Waals surface area contributed by atoms with Crippen LogP contribution >= 0.6 is 0 Å². The number of benzene rings is 2. The molecule has 0 atom stereocenters. The number of nitrogens with two attached hydrogens (primary N) is 1. The van der Waals surface area contributed by atoms with E-state index < -0.39 is 10.3 Å². The molecule has 0 radical (unpaired) electrons. The molecule has 0 unspecified atom stereocenters. The summed E-state index contributed by atoms with van der Waals surface area (Å²) < 4.78 is 32.1. The van der Waals surface area contributed by atoms with E-state index in [2.05, 4.69) is 0 Å². The fraction of sp³-hybridized carbons (Fsp3) is 0.143. The number of rotatable bonds is 5. The third-order valence-electron chi connectivity index (χ3n) is 2.71. The summed E-state index contributed by atoms with van der Waals surface area (Å²) >= 11 is 0. The van der Waals surface area contributed by atoms with Gasteiger partial charge in [-0.05, 0) is 23.8 Å². The minimum absolute atomic E-state index is 0.206. The van der Waals surface area contributed by atoms with Gasteiger partial charge < -0.3 is 8.92 Å². The minimum Gasteiger partial charge on any atom is -0.497 e. The lowest BCUT2D eigenvalue weighted by molar-refractivity contribution is 0.413. The lowest BCUT2D eigenvalue weighted by atomic mass is 10.0. The summed E-state index contributed by atoms with van der Waals surface area (Å²) in [7, 11) is -2.51. The van der Waals surface area contributed by atoms with Crippen LogP contribution in [0.15, 0.2) is 48.5 Å². The monoisotopic (exact) mass is 293 g/mol. The topological polar surface area (TPSA) is 78.6 Å². The van der Waals surface area contributed by atoms with Gasteiger partial charge in [-0.25, -0.2) is 0 Å². The van der Waals surface area contributed by atoms with E-state index in [1.165, 1.54) is 6.07 Å². The van der Waals surface area contributed by atoms with E-state index in [9.17, 15) is 8.42 Å². The number of methoxy groups -OCH3 is 1. The Hall–Kier alpha value is -2.05. The summed E-state index contributed by atoms with van der Waals surface area (Å²) in [6, 6.07) is 14.5. The molecular weight excluding hydrogens is 278 g/mol. The SMILES string of the molecule is COc1ccc(OS(N)(=O)=O)c(Cc2ccccc2)c1. The lowest BCUT2D eigenvalue weighted by Crippen LogP contribution is -2.19. The van der Waals surface area contributed by atoms with Gasteiger partial charge in [0.1, 0.15) is 11.5 Å². The Kier molecular flexibility index (Phi) is 4.26. The molecule has 0 saturated carbocycles. The molecule has 0 saturated heterocycles.